The molecule has 2 bridgehead atoms. The summed E-state index contributed by atoms with van der Waals surface area (Å²) >= 11 is 0. The molecule has 1 fully saturated rings. The molecule has 0 unspecified atom stereocenters. The van der Waals surface area contributed by atoms with Crippen molar-refractivity contribution < 1.29 is 54.1 Å². The van der Waals surface area contributed by atoms with Gasteiger partial charge in [-0.15, -0.1) is 0 Å². The quantitative estimate of drug-likeness (QED) is 0.289. The zero-order valence-electron chi connectivity index (χ0n) is 18.6. The molecule has 0 saturated carbocycles. The number of phenols is 2. The molecule has 0 aromatic heterocycles. The number of benzene rings is 1. The van der Waals surface area contributed by atoms with Crippen LogP contribution in [0.5, 0.6) is 11.5 Å². The summed E-state index contributed by atoms with van der Waals surface area (Å²) in [5, 5.41) is 54.9. The van der Waals surface area contributed by atoms with Crippen molar-refractivity contribution in [1.29, 1.82) is 0 Å². The van der Waals surface area contributed by atoms with Crippen LogP contribution in [0.1, 0.15) is 70.7 Å². The van der Waals surface area contributed by atoms with Crippen LogP contribution >= 0.6 is 0 Å². The van der Waals surface area contributed by atoms with E-state index in [0.717, 1.165) is 7.11 Å². The molecule has 0 radical (unpaired) electrons. The van der Waals surface area contributed by atoms with Crippen molar-refractivity contribution in [3.63, 3.8) is 0 Å². The third-order valence-corrected chi connectivity index (χ3v) is 7.40. The van der Waals surface area contributed by atoms with Gasteiger partial charge in [0, 0.05) is 28.7 Å². The molecule has 0 spiro atoms. The highest BCUT2D eigenvalue weighted by Gasteiger charge is 2.62. The lowest BCUT2D eigenvalue weighted by Gasteiger charge is -2.52. The van der Waals surface area contributed by atoms with Crippen LogP contribution in [0.3, 0.4) is 0 Å². The predicted molar refractivity (Wildman–Crippen MR) is 110 cm³/mol. The topological polar surface area (TPSA) is 180 Å². The van der Waals surface area contributed by atoms with Gasteiger partial charge in [-0.2, -0.15) is 0 Å². The van der Waals surface area contributed by atoms with Gasteiger partial charge in [-0.05, 0) is 13.8 Å². The molecule has 1 aromatic rings. The minimum absolute atomic E-state index is 0.118. The van der Waals surface area contributed by atoms with Crippen LogP contribution < -0.4 is 0 Å². The number of fused-ring (bicyclic) bond motifs is 4. The van der Waals surface area contributed by atoms with Crippen molar-refractivity contribution in [2.45, 2.75) is 68.9 Å². The van der Waals surface area contributed by atoms with Crippen LogP contribution in [-0.4, -0.2) is 80.2 Å². The molecule has 6 rings (SSSR count). The van der Waals surface area contributed by atoms with Crippen molar-refractivity contribution >= 4 is 17.5 Å². The van der Waals surface area contributed by atoms with E-state index in [-0.39, 0.29) is 35.1 Å². The fourth-order valence-electron chi connectivity index (χ4n) is 5.73. The van der Waals surface area contributed by atoms with E-state index in [0.29, 0.717) is 0 Å². The van der Waals surface area contributed by atoms with Crippen LogP contribution in [-0.2, 0) is 19.0 Å². The van der Waals surface area contributed by atoms with Gasteiger partial charge in [0.25, 0.3) is 0 Å². The van der Waals surface area contributed by atoms with Crippen LogP contribution in [0, 0.1) is 0 Å². The average molecular weight is 476 g/mol. The molecule has 1 aromatic carbocycles. The number of Topliss-reactive ketones (excluding diaryl/α,β-unsaturated/α-hetero) is 2. The maximum atomic E-state index is 13.6. The number of aliphatic hydroxyl groups excluding tert-OH is 2. The summed E-state index contributed by atoms with van der Waals surface area (Å²) in [5.74, 6) is -3.90. The van der Waals surface area contributed by atoms with Gasteiger partial charge < -0.3 is 39.7 Å². The first kappa shape index (κ1) is 22.9. The van der Waals surface area contributed by atoms with Crippen molar-refractivity contribution in [3.05, 3.63) is 33.4 Å². The molecule has 5 N–H and O–H groups in total. The van der Waals surface area contributed by atoms with E-state index in [1.54, 1.807) is 0 Å². The second kappa shape index (κ2) is 7.33. The second-order valence-corrected chi connectivity index (χ2v) is 9.11. The molecule has 11 nitrogen and oxygen atoms in total. The Balaban J connectivity index is 1.73. The van der Waals surface area contributed by atoms with Crippen molar-refractivity contribution in [3.8, 4) is 11.5 Å². The van der Waals surface area contributed by atoms with Crippen LogP contribution in [0.25, 0.3) is 0 Å². The molecule has 0 amide bonds. The summed E-state index contributed by atoms with van der Waals surface area (Å²) in [6.45, 7) is 2.94. The van der Waals surface area contributed by atoms with Gasteiger partial charge in [0.2, 0.25) is 0 Å². The zero-order valence-corrected chi connectivity index (χ0v) is 18.6. The lowest BCUT2D eigenvalue weighted by molar-refractivity contribution is -0.207. The average Bonchev–Trinajstić information content (AvgIpc) is 2.77. The summed E-state index contributed by atoms with van der Waals surface area (Å²) in [4.78, 5) is 38.9. The molecule has 5 aliphatic rings. The van der Waals surface area contributed by atoms with E-state index in [9.17, 15) is 39.9 Å². The molecule has 3 heterocycles. The molecule has 34 heavy (non-hydrogen) atoms. The maximum Gasteiger partial charge on any atom is 0.308 e. The summed E-state index contributed by atoms with van der Waals surface area (Å²) in [5.41, 5.74) is -4.17. The highest BCUT2D eigenvalue weighted by molar-refractivity contribution is 6.30. The number of ketones is 2. The van der Waals surface area contributed by atoms with Crippen molar-refractivity contribution in [1.82, 2.24) is 0 Å². The number of aromatic hydroxyl groups is 2. The van der Waals surface area contributed by atoms with E-state index < -0.39 is 82.4 Å². The first-order valence-electron chi connectivity index (χ1n) is 10.9. The zero-order chi connectivity index (χ0) is 24.9. The SMILES string of the molecule is COC(=O)C[C@@H]1O[C@H](C)c2c(O)c3c(c(O)c2[C@@H]1O)C(=O)C1=C(C3=O)[C@@]2(O)[C@H](O)C[C@@H]1O[C@@H]2C. The normalized spacial score (nSPS) is 36.2. The van der Waals surface area contributed by atoms with Crippen molar-refractivity contribution in [2.24, 2.45) is 0 Å². The fourth-order valence-corrected chi connectivity index (χ4v) is 5.73. The van der Waals surface area contributed by atoms with Gasteiger partial charge in [-0.1, -0.05) is 0 Å². The molecule has 182 valence electrons. The Morgan fingerprint density at radius 2 is 1.68 bits per heavy atom. The Bertz CT molecular complexity index is 1170. The van der Waals surface area contributed by atoms with Crippen LogP contribution in [0.15, 0.2) is 11.1 Å². The Kier molecular flexibility index (Phi) is 4.95. The van der Waals surface area contributed by atoms with Crippen molar-refractivity contribution in [2.75, 3.05) is 7.11 Å². The Morgan fingerprint density at radius 3 is 2.29 bits per heavy atom. The molecule has 1 saturated heterocycles. The van der Waals surface area contributed by atoms with Gasteiger partial charge in [0.1, 0.15) is 23.2 Å². The van der Waals surface area contributed by atoms with E-state index in [1.807, 2.05) is 0 Å². The number of carbonyl (C=O) groups excluding carboxylic acids is 3. The predicted octanol–water partition coefficient (Wildman–Crippen LogP) is 0.113. The van der Waals surface area contributed by atoms with Gasteiger partial charge in [-0.3, -0.25) is 14.4 Å². The number of ether oxygens (including phenoxy) is 3. The monoisotopic (exact) mass is 476 g/mol. The largest absolute Gasteiger partial charge is 0.507 e. The number of hydrogen-bond donors (Lipinski definition) is 5. The molecule has 3 aliphatic heterocycles. The number of aliphatic hydroxyl groups is 3. The first-order chi connectivity index (χ1) is 15.9. The second-order valence-electron chi connectivity index (χ2n) is 9.11. The Labute approximate surface area is 193 Å². The smallest absolute Gasteiger partial charge is 0.308 e. The summed E-state index contributed by atoms with van der Waals surface area (Å²) in [7, 11) is 1.16. The number of methoxy groups -OCH3 is 1. The van der Waals surface area contributed by atoms with E-state index in [1.165, 1.54) is 13.8 Å². The standard InChI is InChI=1S/C23H24O11/c1-6-12-14(18(26)9(33-6)5-11(25)32-3)21(29)15-16(19(12)27)22(30)17-13(20(15)28)8-4-10(24)23(17,31)7(2)34-8/h6-10,18,24,26-27,29,31H,4-5H2,1-3H3/t6-,7-,8+,9+,10-,18-,23+/m1/s1. The molecular weight excluding hydrogens is 452 g/mol. The number of phenolic OH excluding ortho intramolecular Hbond substituents is 2. The number of hydrogen-bond acceptors (Lipinski definition) is 11. The lowest BCUT2D eigenvalue weighted by Crippen LogP contribution is -2.66. The molecular formula is C23H24O11. The maximum absolute atomic E-state index is 13.6. The molecule has 11 heteroatoms. The van der Waals surface area contributed by atoms with Crippen LogP contribution in [0.4, 0.5) is 0 Å². The van der Waals surface area contributed by atoms with E-state index in [4.69, 9.17) is 9.47 Å². The highest BCUT2D eigenvalue weighted by atomic mass is 16.5. The third-order valence-electron chi connectivity index (χ3n) is 7.40. The number of carbonyl (C=O) groups is 3. The highest BCUT2D eigenvalue weighted by Crippen LogP contribution is 2.55. The third kappa shape index (κ3) is 2.67. The van der Waals surface area contributed by atoms with Gasteiger partial charge in [-0.25, -0.2) is 0 Å². The molecule has 7 atom stereocenters. The summed E-state index contributed by atoms with van der Waals surface area (Å²) < 4.78 is 15.9. The van der Waals surface area contributed by atoms with Gasteiger partial charge >= 0.3 is 5.97 Å². The fraction of sp³-hybridized carbons (Fsp3) is 0.522. The minimum atomic E-state index is -2.18. The Morgan fingerprint density at radius 1 is 1.06 bits per heavy atom. The lowest BCUT2D eigenvalue weighted by atomic mass is 9.63. The Hall–Kier alpha value is -2.83. The van der Waals surface area contributed by atoms with Gasteiger partial charge in [0.15, 0.2) is 11.6 Å². The van der Waals surface area contributed by atoms with Crippen LogP contribution in [0.2, 0.25) is 0 Å². The molecule has 2 aliphatic carbocycles. The van der Waals surface area contributed by atoms with Gasteiger partial charge in [0.05, 0.1) is 55.2 Å². The van der Waals surface area contributed by atoms with E-state index >= 15 is 0 Å². The van der Waals surface area contributed by atoms with E-state index in [2.05, 4.69) is 4.74 Å². The summed E-state index contributed by atoms with van der Waals surface area (Å²) in [6, 6.07) is 0. The minimum Gasteiger partial charge on any atom is -0.507 e. The summed E-state index contributed by atoms with van der Waals surface area (Å²) in [6.07, 6.45) is -7.64. The first-order valence-corrected chi connectivity index (χ1v) is 10.9. The number of esters is 1. The number of rotatable bonds is 2.